The van der Waals surface area contributed by atoms with E-state index in [1.54, 1.807) is 0 Å². The predicted octanol–water partition coefficient (Wildman–Crippen LogP) is 3.61. The third kappa shape index (κ3) is 4.05. The van der Waals surface area contributed by atoms with Crippen LogP contribution in [0.5, 0.6) is 0 Å². The minimum Gasteiger partial charge on any atom is -0.326 e. The van der Waals surface area contributed by atoms with Gasteiger partial charge in [0.1, 0.15) is 0 Å². The lowest BCUT2D eigenvalue weighted by Crippen LogP contribution is -2.31. The molecular formula is C17H28N2. The molecule has 1 aromatic rings. The molecule has 19 heavy (non-hydrogen) atoms. The van der Waals surface area contributed by atoms with E-state index in [1.807, 2.05) is 0 Å². The second-order valence-electron chi connectivity index (χ2n) is 6.03. The molecule has 1 saturated carbocycles. The van der Waals surface area contributed by atoms with Crippen LogP contribution in [0.15, 0.2) is 18.2 Å². The molecule has 0 bridgehead atoms. The van der Waals surface area contributed by atoms with E-state index in [0.29, 0.717) is 6.54 Å². The molecule has 1 aliphatic rings. The van der Waals surface area contributed by atoms with Crippen LogP contribution in [-0.2, 0) is 13.1 Å². The molecule has 0 spiro atoms. The quantitative estimate of drug-likeness (QED) is 0.838. The van der Waals surface area contributed by atoms with Crippen LogP contribution in [0.1, 0.15) is 55.2 Å². The van der Waals surface area contributed by atoms with E-state index in [9.17, 15) is 0 Å². The fourth-order valence-corrected chi connectivity index (χ4v) is 3.16. The highest BCUT2D eigenvalue weighted by molar-refractivity contribution is 5.31. The van der Waals surface area contributed by atoms with Crippen molar-refractivity contribution >= 4 is 0 Å². The maximum absolute atomic E-state index is 5.69. The average Bonchev–Trinajstić information content (AvgIpc) is 2.70. The van der Waals surface area contributed by atoms with Gasteiger partial charge < -0.3 is 5.73 Å². The third-order valence-corrected chi connectivity index (χ3v) is 4.51. The second kappa shape index (κ2) is 7.06. The molecule has 1 aliphatic carbocycles. The van der Waals surface area contributed by atoms with E-state index >= 15 is 0 Å². The van der Waals surface area contributed by atoms with Gasteiger partial charge in [-0.3, -0.25) is 4.90 Å². The smallest absolute Gasteiger partial charge is 0.0236 e. The van der Waals surface area contributed by atoms with Crippen LogP contribution < -0.4 is 5.73 Å². The maximum atomic E-state index is 5.69. The number of rotatable bonds is 4. The summed E-state index contributed by atoms with van der Waals surface area (Å²) < 4.78 is 0. The van der Waals surface area contributed by atoms with E-state index < -0.39 is 0 Å². The van der Waals surface area contributed by atoms with Crippen molar-refractivity contribution in [2.45, 2.75) is 64.6 Å². The van der Waals surface area contributed by atoms with E-state index in [2.05, 4.69) is 37.1 Å². The zero-order valence-corrected chi connectivity index (χ0v) is 12.5. The van der Waals surface area contributed by atoms with Crippen molar-refractivity contribution in [1.82, 2.24) is 4.90 Å². The van der Waals surface area contributed by atoms with E-state index in [0.717, 1.165) is 12.6 Å². The first-order chi connectivity index (χ1) is 9.20. The number of hydrogen-bond acceptors (Lipinski definition) is 2. The van der Waals surface area contributed by atoms with Gasteiger partial charge in [0.05, 0.1) is 0 Å². The van der Waals surface area contributed by atoms with Gasteiger partial charge >= 0.3 is 0 Å². The van der Waals surface area contributed by atoms with Crippen molar-refractivity contribution in [3.63, 3.8) is 0 Å². The number of hydrogen-bond donors (Lipinski definition) is 1. The van der Waals surface area contributed by atoms with Gasteiger partial charge in [-0.2, -0.15) is 0 Å². The Hall–Kier alpha value is -0.860. The Morgan fingerprint density at radius 2 is 1.84 bits per heavy atom. The van der Waals surface area contributed by atoms with Gasteiger partial charge in [-0.1, -0.05) is 43.9 Å². The minimum absolute atomic E-state index is 0.638. The summed E-state index contributed by atoms with van der Waals surface area (Å²) in [7, 11) is 2.28. The molecule has 2 nitrogen and oxygen atoms in total. The topological polar surface area (TPSA) is 29.3 Å². The SMILES string of the molecule is Cc1cc(CN)ccc1CN(C)C1CCCCCC1. The van der Waals surface area contributed by atoms with E-state index in [4.69, 9.17) is 5.73 Å². The van der Waals surface area contributed by atoms with Gasteiger partial charge in [0.15, 0.2) is 0 Å². The molecule has 0 unspecified atom stereocenters. The van der Waals surface area contributed by atoms with Gasteiger partial charge in [0.2, 0.25) is 0 Å². The van der Waals surface area contributed by atoms with Crippen molar-refractivity contribution < 1.29 is 0 Å². The van der Waals surface area contributed by atoms with Crippen LogP contribution in [0.3, 0.4) is 0 Å². The molecule has 1 aromatic carbocycles. The van der Waals surface area contributed by atoms with E-state index in [1.165, 1.54) is 55.2 Å². The zero-order chi connectivity index (χ0) is 13.7. The molecular weight excluding hydrogens is 232 g/mol. The van der Waals surface area contributed by atoms with Gasteiger partial charge in [0.25, 0.3) is 0 Å². The first kappa shape index (κ1) is 14.5. The number of nitrogens with two attached hydrogens (primary N) is 1. The van der Waals surface area contributed by atoms with Crippen molar-refractivity contribution in [3.05, 3.63) is 34.9 Å². The molecule has 0 amide bonds. The zero-order valence-electron chi connectivity index (χ0n) is 12.5. The van der Waals surface area contributed by atoms with Crippen LogP contribution in [-0.4, -0.2) is 18.0 Å². The summed E-state index contributed by atoms with van der Waals surface area (Å²) >= 11 is 0. The summed E-state index contributed by atoms with van der Waals surface area (Å²) in [5.41, 5.74) is 9.75. The molecule has 106 valence electrons. The molecule has 0 radical (unpaired) electrons. The number of benzene rings is 1. The Bertz CT molecular complexity index is 392. The Kier molecular flexibility index (Phi) is 5.41. The summed E-state index contributed by atoms with van der Waals surface area (Å²) in [6.07, 6.45) is 8.40. The summed E-state index contributed by atoms with van der Waals surface area (Å²) in [4.78, 5) is 2.55. The molecule has 0 heterocycles. The van der Waals surface area contributed by atoms with Crippen LogP contribution in [0, 0.1) is 6.92 Å². The number of nitrogens with zero attached hydrogens (tertiary/aromatic N) is 1. The molecule has 2 rings (SSSR count). The highest BCUT2D eigenvalue weighted by atomic mass is 15.1. The standard InChI is InChI=1S/C17H28N2/c1-14-11-15(12-18)9-10-16(14)13-19(2)17-7-5-3-4-6-8-17/h9-11,17H,3-8,12-13,18H2,1-2H3. The Labute approximate surface area is 118 Å². The largest absolute Gasteiger partial charge is 0.326 e. The fourth-order valence-electron chi connectivity index (χ4n) is 3.16. The second-order valence-corrected chi connectivity index (χ2v) is 6.03. The fraction of sp³-hybridized carbons (Fsp3) is 0.647. The van der Waals surface area contributed by atoms with E-state index in [-0.39, 0.29) is 0 Å². The average molecular weight is 260 g/mol. The Balaban J connectivity index is 1.99. The number of aryl methyl sites for hydroxylation is 1. The maximum Gasteiger partial charge on any atom is 0.0236 e. The molecule has 2 heteroatoms. The minimum atomic E-state index is 0.638. The lowest BCUT2D eigenvalue weighted by Gasteiger charge is -2.27. The molecule has 0 aromatic heterocycles. The van der Waals surface area contributed by atoms with Crippen molar-refractivity contribution in [1.29, 1.82) is 0 Å². The highest BCUT2D eigenvalue weighted by Gasteiger charge is 2.17. The van der Waals surface area contributed by atoms with Gasteiger partial charge in [-0.15, -0.1) is 0 Å². The van der Waals surface area contributed by atoms with Crippen molar-refractivity contribution in [2.24, 2.45) is 5.73 Å². The predicted molar refractivity (Wildman–Crippen MR) is 82.0 cm³/mol. The van der Waals surface area contributed by atoms with Crippen LogP contribution in [0.4, 0.5) is 0 Å². The van der Waals surface area contributed by atoms with Crippen LogP contribution in [0.2, 0.25) is 0 Å². The molecule has 0 atom stereocenters. The molecule has 2 N–H and O–H groups in total. The summed E-state index contributed by atoms with van der Waals surface area (Å²) in [6, 6.07) is 7.43. The molecule has 0 saturated heterocycles. The lowest BCUT2D eigenvalue weighted by atomic mass is 10.0. The van der Waals surface area contributed by atoms with Crippen molar-refractivity contribution in [3.8, 4) is 0 Å². The summed E-state index contributed by atoms with van der Waals surface area (Å²) in [6.45, 7) is 3.91. The van der Waals surface area contributed by atoms with Crippen molar-refractivity contribution in [2.75, 3.05) is 7.05 Å². The van der Waals surface area contributed by atoms with Gasteiger partial charge in [0, 0.05) is 19.1 Å². The van der Waals surface area contributed by atoms with Crippen LogP contribution >= 0.6 is 0 Å². The first-order valence-electron chi connectivity index (χ1n) is 7.69. The lowest BCUT2D eigenvalue weighted by molar-refractivity contribution is 0.212. The Morgan fingerprint density at radius 3 is 2.42 bits per heavy atom. The third-order valence-electron chi connectivity index (χ3n) is 4.51. The van der Waals surface area contributed by atoms with Gasteiger partial charge in [-0.25, -0.2) is 0 Å². The Morgan fingerprint density at radius 1 is 1.16 bits per heavy atom. The summed E-state index contributed by atoms with van der Waals surface area (Å²) in [5, 5.41) is 0. The molecule has 1 fully saturated rings. The molecule has 0 aliphatic heterocycles. The first-order valence-corrected chi connectivity index (χ1v) is 7.69. The summed E-state index contributed by atoms with van der Waals surface area (Å²) in [5.74, 6) is 0. The normalized spacial score (nSPS) is 17.7. The highest BCUT2D eigenvalue weighted by Crippen LogP contribution is 2.23. The van der Waals surface area contributed by atoms with Crippen LogP contribution in [0.25, 0.3) is 0 Å². The monoisotopic (exact) mass is 260 g/mol. The van der Waals surface area contributed by atoms with Gasteiger partial charge in [-0.05, 0) is 43.5 Å².